The van der Waals surface area contributed by atoms with Crippen LogP contribution in [0.1, 0.15) is 15.9 Å². The number of aromatic hydroxyl groups is 1. The standard InChI is InChI=1S/C15H13N3O5/c1-23-14-7-2-10(8-13(14)19)9-16-17-15(20)11-3-5-12(6-4-11)18(21)22/h2-9,19H,1H3,(H,17,20)/b16-9-. The summed E-state index contributed by atoms with van der Waals surface area (Å²) in [5, 5.41) is 23.9. The van der Waals surface area contributed by atoms with Crippen molar-refractivity contribution >= 4 is 17.8 Å². The number of carbonyl (C=O) groups is 1. The molecule has 0 bridgehead atoms. The molecule has 0 spiro atoms. The minimum atomic E-state index is -0.546. The number of phenols is 1. The maximum atomic E-state index is 11.8. The van der Waals surface area contributed by atoms with Gasteiger partial charge in [0, 0.05) is 17.7 Å². The van der Waals surface area contributed by atoms with Crippen LogP contribution >= 0.6 is 0 Å². The summed E-state index contributed by atoms with van der Waals surface area (Å²) in [5.41, 5.74) is 3.00. The first kappa shape index (κ1) is 16.0. The number of rotatable bonds is 5. The maximum absolute atomic E-state index is 11.8. The van der Waals surface area contributed by atoms with Crippen molar-refractivity contribution in [1.29, 1.82) is 0 Å². The van der Waals surface area contributed by atoms with Crippen LogP contribution in [-0.4, -0.2) is 29.3 Å². The summed E-state index contributed by atoms with van der Waals surface area (Å²) < 4.78 is 4.91. The largest absolute Gasteiger partial charge is 0.504 e. The Morgan fingerprint density at radius 3 is 2.57 bits per heavy atom. The number of amides is 1. The Morgan fingerprint density at radius 1 is 1.30 bits per heavy atom. The molecule has 2 rings (SSSR count). The number of methoxy groups -OCH3 is 1. The van der Waals surface area contributed by atoms with Crippen molar-refractivity contribution in [3.05, 3.63) is 63.7 Å². The van der Waals surface area contributed by atoms with Crippen LogP contribution in [0.25, 0.3) is 0 Å². The van der Waals surface area contributed by atoms with Gasteiger partial charge < -0.3 is 9.84 Å². The molecular weight excluding hydrogens is 302 g/mol. The third-order valence-electron chi connectivity index (χ3n) is 2.92. The van der Waals surface area contributed by atoms with E-state index >= 15 is 0 Å². The number of hydrogen-bond acceptors (Lipinski definition) is 6. The predicted molar refractivity (Wildman–Crippen MR) is 82.8 cm³/mol. The molecule has 2 aromatic rings. The Kier molecular flexibility index (Phi) is 4.88. The van der Waals surface area contributed by atoms with Crippen molar-refractivity contribution in [2.75, 3.05) is 7.11 Å². The number of non-ortho nitro benzene ring substituents is 1. The number of hydrazone groups is 1. The first-order valence-electron chi connectivity index (χ1n) is 6.46. The molecule has 0 atom stereocenters. The fraction of sp³-hybridized carbons (Fsp3) is 0.0667. The molecule has 1 amide bonds. The number of nitro groups is 1. The van der Waals surface area contributed by atoms with E-state index in [-0.39, 0.29) is 17.0 Å². The molecule has 8 nitrogen and oxygen atoms in total. The van der Waals surface area contributed by atoms with Gasteiger partial charge in [-0.25, -0.2) is 5.43 Å². The van der Waals surface area contributed by atoms with Crippen LogP contribution in [0.3, 0.4) is 0 Å². The molecule has 0 unspecified atom stereocenters. The normalized spacial score (nSPS) is 10.5. The Bertz CT molecular complexity index is 756. The highest BCUT2D eigenvalue weighted by Gasteiger charge is 2.08. The van der Waals surface area contributed by atoms with Crippen molar-refractivity contribution < 1.29 is 19.6 Å². The zero-order valence-corrected chi connectivity index (χ0v) is 12.1. The number of nitrogens with one attached hydrogen (secondary N) is 1. The second-order valence-corrected chi connectivity index (χ2v) is 4.43. The fourth-order valence-corrected chi connectivity index (χ4v) is 1.75. The molecule has 2 N–H and O–H groups in total. The van der Waals surface area contributed by atoms with Gasteiger partial charge in [-0.2, -0.15) is 5.10 Å². The zero-order chi connectivity index (χ0) is 16.8. The number of ether oxygens (including phenoxy) is 1. The third-order valence-corrected chi connectivity index (χ3v) is 2.92. The van der Waals surface area contributed by atoms with Crippen LogP contribution in [-0.2, 0) is 0 Å². The van der Waals surface area contributed by atoms with Gasteiger partial charge in [-0.1, -0.05) is 0 Å². The highest BCUT2D eigenvalue weighted by Crippen LogP contribution is 2.25. The van der Waals surface area contributed by atoms with E-state index < -0.39 is 10.8 Å². The Morgan fingerprint density at radius 2 is 2.00 bits per heavy atom. The molecular formula is C15H13N3O5. The molecule has 2 aromatic carbocycles. The summed E-state index contributed by atoms with van der Waals surface area (Å²) >= 11 is 0. The molecule has 0 aliphatic heterocycles. The molecule has 23 heavy (non-hydrogen) atoms. The quantitative estimate of drug-likeness (QED) is 0.498. The summed E-state index contributed by atoms with van der Waals surface area (Å²) in [6.07, 6.45) is 1.35. The van der Waals surface area contributed by atoms with Crippen LogP contribution in [0, 0.1) is 10.1 Å². The van der Waals surface area contributed by atoms with E-state index in [9.17, 15) is 20.0 Å². The maximum Gasteiger partial charge on any atom is 0.271 e. The lowest BCUT2D eigenvalue weighted by molar-refractivity contribution is -0.384. The smallest absolute Gasteiger partial charge is 0.271 e. The van der Waals surface area contributed by atoms with Gasteiger partial charge in [-0.05, 0) is 35.9 Å². The van der Waals surface area contributed by atoms with Crippen molar-refractivity contribution in [2.45, 2.75) is 0 Å². The van der Waals surface area contributed by atoms with Gasteiger partial charge in [0.15, 0.2) is 11.5 Å². The summed E-state index contributed by atoms with van der Waals surface area (Å²) in [4.78, 5) is 21.8. The van der Waals surface area contributed by atoms with E-state index in [1.165, 1.54) is 43.7 Å². The monoisotopic (exact) mass is 315 g/mol. The summed E-state index contributed by atoms with van der Waals surface area (Å²) in [5.74, 6) is -0.218. The molecule has 118 valence electrons. The minimum Gasteiger partial charge on any atom is -0.504 e. The van der Waals surface area contributed by atoms with Crippen molar-refractivity contribution in [3.8, 4) is 11.5 Å². The zero-order valence-electron chi connectivity index (χ0n) is 12.1. The Labute approximate surface area is 131 Å². The third kappa shape index (κ3) is 4.03. The fourth-order valence-electron chi connectivity index (χ4n) is 1.75. The molecule has 0 aliphatic carbocycles. The number of hydrogen-bond donors (Lipinski definition) is 2. The van der Waals surface area contributed by atoms with E-state index in [1.54, 1.807) is 12.1 Å². The molecule has 0 aliphatic rings. The van der Waals surface area contributed by atoms with Crippen molar-refractivity contribution in [3.63, 3.8) is 0 Å². The lowest BCUT2D eigenvalue weighted by Crippen LogP contribution is -2.17. The van der Waals surface area contributed by atoms with Gasteiger partial charge >= 0.3 is 0 Å². The van der Waals surface area contributed by atoms with Crippen LogP contribution in [0.2, 0.25) is 0 Å². The topological polar surface area (TPSA) is 114 Å². The first-order chi connectivity index (χ1) is 11.0. The van der Waals surface area contributed by atoms with E-state index in [0.717, 1.165) is 0 Å². The average Bonchev–Trinajstić information content (AvgIpc) is 2.55. The number of nitro benzene ring substituents is 1. The molecule has 0 radical (unpaired) electrons. The summed E-state index contributed by atoms with van der Waals surface area (Å²) in [7, 11) is 1.44. The molecule has 8 heteroatoms. The van der Waals surface area contributed by atoms with Gasteiger partial charge in [0.05, 0.1) is 18.2 Å². The van der Waals surface area contributed by atoms with Crippen LogP contribution < -0.4 is 10.2 Å². The lowest BCUT2D eigenvalue weighted by Gasteiger charge is -2.03. The molecule has 0 heterocycles. The van der Waals surface area contributed by atoms with Crippen LogP contribution in [0.4, 0.5) is 5.69 Å². The highest BCUT2D eigenvalue weighted by atomic mass is 16.6. The highest BCUT2D eigenvalue weighted by molar-refractivity contribution is 5.95. The van der Waals surface area contributed by atoms with Crippen LogP contribution in [0.15, 0.2) is 47.6 Å². The van der Waals surface area contributed by atoms with Gasteiger partial charge in [-0.15, -0.1) is 0 Å². The lowest BCUT2D eigenvalue weighted by atomic mass is 10.2. The molecule has 0 fully saturated rings. The van der Waals surface area contributed by atoms with Crippen molar-refractivity contribution in [1.82, 2.24) is 5.43 Å². The van der Waals surface area contributed by atoms with Gasteiger partial charge in [-0.3, -0.25) is 14.9 Å². The van der Waals surface area contributed by atoms with E-state index in [1.807, 2.05) is 0 Å². The van der Waals surface area contributed by atoms with Crippen molar-refractivity contribution in [2.24, 2.45) is 5.10 Å². The number of nitrogens with zero attached hydrogens (tertiary/aromatic N) is 2. The Balaban J connectivity index is 2.00. The van der Waals surface area contributed by atoms with Crippen LogP contribution in [0.5, 0.6) is 11.5 Å². The summed E-state index contributed by atoms with van der Waals surface area (Å²) in [6.45, 7) is 0. The second-order valence-electron chi connectivity index (χ2n) is 4.43. The molecule has 0 saturated carbocycles. The molecule has 0 saturated heterocycles. The predicted octanol–water partition coefficient (Wildman–Crippen LogP) is 2.07. The van der Waals surface area contributed by atoms with E-state index in [4.69, 9.17) is 4.74 Å². The van der Waals surface area contributed by atoms with Gasteiger partial charge in [0.2, 0.25) is 0 Å². The minimum absolute atomic E-state index is 0.0434. The number of carbonyl (C=O) groups excluding carboxylic acids is 1. The average molecular weight is 315 g/mol. The Hall–Kier alpha value is -3.42. The van der Waals surface area contributed by atoms with Gasteiger partial charge in [0.1, 0.15) is 0 Å². The van der Waals surface area contributed by atoms with Gasteiger partial charge in [0.25, 0.3) is 11.6 Å². The van der Waals surface area contributed by atoms with E-state index in [2.05, 4.69) is 10.5 Å². The SMILES string of the molecule is COc1ccc(/C=N\NC(=O)c2ccc([N+](=O)[O-])cc2)cc1O. The van der Waals surface area contributed by atoms with E-state index in [0.29, 0.717) is 11.3 Å². The second kappa shape index (κ2) is 7.03. The number of phenolic OH excluding ortho intramolecular Hbond substituents is 1. The first-order valence-corrected chi connectivity index (χ1v) is 6.46. The summed E-state index contributed by atoms with van der Waals surface area (Å²) in [6, 6.07) is 9.79. The molecule has 0 aromatic heterocycles. The number of benzene rings is 2.